The van der Waals surface area contributed by atoms with E-state index < -0.39 is 0 Å². The molecule has 0 aromatic carbocycles. The number of hydrogen-bond donors (Lipinski definition) is 0. The molecule has 98 valence electrons. The van der Waals surface area contributed by atoms with E-state index in [9.17, 15) is 4.79 Å². The van der Waals surface area contributed by atoms with Crippen molar-refractivity contribution in [3.05, 3.63) is 54.2 Å². The molecule has 2 aromatic rings. The lowest BCUT2D eigenvalue weighted by Gasteiger charge is -2.35. The summed E-state index contributed by atoms with van der Waals surface area (Å²) in [6.45, 7) is 0.783. The van der Waals surface area contributed by atoms with Crippen LogP contribution in [0, 0.1) is 0 Å². The molecule has 1 aliphatic heterocycles. The van der Waals surface area contributed by atoms with Gasteiger partial charge in [-0.25, -0.2) is 0 Å². The first-order chi connectivity index (χ1) is 9.36. The minimum atomic E-state index is 0.0316. The van der Waals surface area contributed by atoms with E-state index in [1.807, 2.05) is 23.1 Å². The number of piperidine rings is 1. The van der Waals surface area contributed by atoms with Crippen molar-refractivity contribution in [1.29, 1.82) is 0 Å². The van der Waals surface area contributed by atoms with E-state index >= 15 is 0 Å². The number of rotatable bonds is 2. The molecular weight excluding hydrogens is 240 g/mol. The Bertz CT molecular complexity index is 537. The van der Waals surface area contributed by atoms with Gasteiger partial charge in [-0.3, -0.25) is 9.78 Å². The lowest BCUT2D eigenvalue weighted by atomic mass is 9.98. The third-order valence-corrected chi connectivity index (χ3v) is 3.56. The highest BCUT2D eigenvalue weighted by molar-refractivity contribution is 5.94. The van der Waals surface area contributed by atoms with Gasteiger partial charge in [-0.15, -0.1) is 0 Å². The van der Waals surface area contributed by atoms with Crippen LogP contribution in [-0.4, -0.2) is 22.3 Å². The Balaban J connectivity index is 1.87. The number of furan rings is 1. The fourth-order valence-corrected chi connectivity index (χ4v) is 2.61. The summed E-state index contributed by atoms with van der Waals surface area (Å²) in [6, 6.07) is 7.65. The molecular formula is C15H16N2O2. The van der Waals surface area contributed by atoms with Gasteiger partial charge in [-0.2, -0.15) is 0 Å². The van der Waals surface area contributed by atoms with E-state index in [1.54, 1.807) is 12.3 Å². The van der Waals surface area contributed by atoms with Gasteiger partial charge < -0.3 is 9.32 Å². The lowest BCUT2D eigenvalue weighted by molar-refractivity contribution is 0.0605. The molecule has 4 nitrogen and oxygen atoms in total. The van der Waals surface area contributed by atoms with Crippen molar-refractivity contribution in [2.24, 2.45) is 0 Å². The number of amides is 1. The van der Waals surface area contributed by atoms with Gasteiger partial charge in [0, 0.05) is 12.7 Å². The first-order valence-corrected chi connectivity index (χ1v) is 6.60. The maximum absolute atomic E-state index is 12.5. The first-order valence-electron chi connectivity index (χ1n) is 6.60. The SMILES string of the molecule is O=C(c1ccoc1)N1CCCC[C@H]1c1ccccn1. The second-order valence-corrected chi connectivity index (χ2v) is 4.78. The zero-order valence-electron chi connectivity index (χ0n) is 10.7. The monoisotopic (exact) mass is 256 g/mol. The highest BCUT2D eigenvalue weighted by atomic mass is 16.3. The summed E-state index contributed by atoms with van der Waals surface area (Å²) in [5, 5.41) is 0. The normalized spacial score (nSPS) is 19.4. The fraction of sp³-hybridized carbons (Fsp3) is 0.333. The van der Waals surface area contributed by atoms with E-state index in [0.717, 1.165) is 31.5 Å². The molecule has 3 rings (SSSR count). The van der Waals surface area contributed by atoms with Crippen LogP contribution in [-0.2, 0) is 0 Å². The van der Waals surface area contributed by atoms with Gasteiger partial charge >= 0.3 is 0 Å². The van der Waals surface area contributed by atoms with Gasteiger partial charge in [0.1, 0.15) is 6.26 Å². The summed E-state index contributed by atoms with van der Waals surface area (Å²) >= 11 is 0. The van der Waals surface area contributed by atoms with E-state index in [0.29, 0.717) is 5.56 Å². The molecule has 19 heavy (non-hydrogen) atoms. The van der Waals surface area contributed by atoms with Crippen LogP contribution in [0.4, 0.5) is 0 Å². The smallest absolute Gasteiger partial charge is 0.257 e. The average molecular weight is 256 g/mol. The highest BCUT2D eigenvalue weighted by Crippen LogP contribution is 2.30. The second-order valence-electron chi connectivity index (χ2n) is 4.78. The van der Waals surface area contributed by atoms with Crippen LogP contribution < -0.4 is 0 Å². The second kappa shape index (κ2) is 5.26. The topological polar surface area (TPSA) is 46.3 Å². The summed E-state index contributed by atoms with van der Waals surface area (Å²) < 4.78 is 5.00. The Morgan fingerprint density at radius 2 is 2.26 bits per heavy atom. The number of hydrogen-bond acceptors (Lipinski definition) is 3. The zero-order valence-corrected chi connectivity index (χ0v) is 10.7. The standard InChI is InChI=1S/C15H16N2O2/c18-15(12-7-10-19-11-12)17-9-4-2-6-14(17)13-5-1-3-8-16-13/h1,3,5,7-8,10-11,14H,2,4,6,9H2/t14-/m0/s1. The quantitative estimate of drug-likeness (QED) is 0.829. The van der Waals surface area contributed by atoms with Crippen LogP contribution >= 0.6 is 0 Å². The first kappa shape index (κ1) is 12.0. The highest BCUT2D eigenvalue weighted by Gasteiger charge is 2.29. The van der Waals surface area contributed by atoms with Crippen molar-refractivity contribution in [3.63, 3.8) is 0 Å². The number of carbonyl (C=O) groups is 1. The average Bonchev–Trinajstić information content (AvgIpc) is 3.02. The molecule has 0 saturated carbocycles. The molecule has 1 atom stereocenters. The molecule has 1 amide bonds. The predicted molar refractivity (Wildman–Crippen MR) is 70.6 cm³/mol. The number of nitrogens with zero attached hydrogens (tertiary/aromatic N) is 2. The molecule has 1 saturated heterocycles. The summed E-state index contributed by atoms with van der Waals surface area (Å²) in [6.07, 6.45) is 7.98. The molecule has 4 heteroatoms. The number of aromatic nitrogens is 1. The van der Waals surface area contributed by atoms with Gasteiger partial charge in [0.2, 0.25) is 0 Å². The van der Waals surface area contributed by atoms with Gasteiger partial charge in [0.05, 0.1) is 23.6 Å². The Hall–Kier alpha value is -2.10. The van der Waals surface area contributed by atoms with Crippen molar-refractivity contribution in [1.82, 2.24) is 9.88 Å². The minimum Gasteiger partial charge on any atom is -0.472 e. The van der Waals surface area contributed by atoms with Crippen molar-refractivity contribution in [2.75, 3.05) is 6.54 Å². The van der Waals surface area contributed by atoms with Gasteiger partial charge in [0.15, 0.2) is 0 Å². The van der Waals surface area contributed by atoms with Crippen LogP contribution in [0.2, 0.25) is 0 Å². The third kappa shape index (κ3) is 2.38. The molecule has 0 N–H and O–H groups in total. The van der Waals surface area contributed by atoms with E-state index in [4.69, 9.17) is 4.42 Å². The Kier molecular flexibility index (Phi) is 3.31. The molecule has 0 aliphatic carbocycles. The third-order valence-electron chi connectivity index (χ3n) is 3.56. The molecule has 1 fully saturated rings. The Morgan fingerprint density at radius 3 is 3.00 bits per heavy atom. The summed E-state index contributed by atoms with van der Waals surface area (Å²) in [5.41, 5.74) is 1.59. The van der Waals surface area contributed by atoms with Gasteiger partial charge in [0.25, 0.3) is 5.91 Å². The summed E-state index contributed by atoms with van der Waals surface area (Å²) in [4.78, 5) is 18.8. The molecule has 3 heterocycles. The molecule has 0 bridgehead atoms. The summed E-state index contributed by atoms with van der Waals surface area (Å²) in [7, 11) is 0. The van der Waals surface area contributed by atoms with Crippen molar-refractivity contribution < 1.29 is 9.21 Å². The number of carbonyl (C=O) groups excluding carboxylic acids is 1. The Morgan fingerprint density at radius 1 is 1.32 bits per heavy atom. The largest absolute Gasteiger partial charge is 0.472 e. The molecule has 0 spiro atoms. The molecule has 0 radical (unpaired) electrons. The van der Waals surface area contributed by atoms with Crippen LogP contribution in [0.25, 0.3) is 0 Å². The maximum atomic E-state index is 12.5. The van der Waals surface area contributed by atoms with Crippen molar-refractivity contribution >= 4 is 5.91 Å². The fourth-order valence-electron chi connectivity index (χ4n) is 2.61. The molecule has 0 unspecified atom stereocenters. The number of pyridine rings is 1. The van der Waals surface area contributed by atoms with Crippen LogP contribution in [0.3, 0.4) is 0 Å². The predicted octanol–water partition coefficient (Wildman–Crippen LogP) is 3.04. The Labute approximate surface area is 112 Å². The van der Waals surface area contributed by atoms with E-state index in [-0.39, 0.29) is 11.9 Å². The van der Waals surface area contributed by atoms with Crippen molar-refractivity contribution in [2.45, 2.75) is 25.3 Å². The molecule has 2 aromatic heterocycles. The van der Waals surface area contributed by atoms with Gasteiger partial charge in [-0.1, -0.05) is 6.07 Å². The van der Waals surface area contributed by atoms with Crippen molar-refractivity contribution in [3.8, 4) is 0 Å². The van der Waals surface area contributed by atoms with Gasteiger partial charge in [-0.05, 0) is 37.5 Å². The van der Waals surface area contributed by atoms with E-state index in [2.05, 4.69) is 4.98 Å². The lowest BCUT2D eigenvalue weighted by Crippen LogP contribution is -2.38. The van der Waals surface area contributed by atoms with Crippen LogP contribution in [0.5, 0.6) is 0 Å². The van der Waals surface area contributed by atoms with Crippen LogP contribution in [0.15, 0.2) is 47.4 Å². The minimum absolute atomic E-state index is 0.0316. The van der Waals surface area contributed by atoms with Crippen LogP contribution in [0.1, 0.15) is 41.4 Å². The van der Waals surface area contributed by atoms with E-state index in [1.165, 1.54) is 12.5 Å². The summed E-state index contributed by atoms with van der Waals surface area (Å²) in [5.74, 6) is 0.0316. The maximum Gasteiger partial charge on any atom is 0.257 e. The number of likely N-dealkylation sites (tertiary alicyclic amines) is 1. The zero-order chi connectivity index (χ0) is 13.1. The molecule has 1 aliphatic rings.